The lowest BCUT2D eigenvalue weighted by atomic mass is 9.91. The predicted octanol–water partition coefficient (Wildman–Crippen LogP) is 1.69. The lowest BCUT2D eigenvalue weighted by molar-refractivity contribution is -0.140. The molecule has 0 radical (unpaired) electrons. The first-order valence-corrected chi connectivity index (χ1v) is 47.3. The minimum Gasteiger partial charge on any atom is -0.379 e. The molecule has 38 nitrogen and oxygen atoms in total. The van der Waals surface area contributed by atoms with Crippen molar-refractivity contribution in [3.8, 4) is 0 Å². The first-order valence-electron chi connectivity index (χ1n) is 43.0. The van der Waals surface area contributed by atoms with Crippen molar-refractivity contribution in [3.63, 3.8) is 0 Å². The van der Waals surface area contributed by atoms with E-state index < -0.39 is 117 Å². The highest BCUT2D eigenvalue weighted by atomic mass is 33.1. The van der Waals surface area contributed by atoms with Crippen LogP contribution in [0.15, 0.2) is 0 Å². The maximum atomic E-state index is 13.8. The summed E-state index contributed by atoms with van der Waals surface area (Å²) < 4.78 is 44.6. The van der Waals surface area contributed by atoms with E-state index in [9.17, 15) is 86.3 Å². The van der Waals surface area contributed by atoms with Crippen molar-refractivity contribution in [1.29, 1.82) is 0 Å². The number of primary amides is 2. The third-order valence-electron chi connectivity index (χ3n) is 19.3. The van der Waals surface area contributed by atoms with Crippen molar-refractivity contribution in [2.45, 2.75) is 240 Å². The van der Waals surface area contributed by atoms with Crippen LogP contribution in [0, 0.1) is 11.8 Å². The Morgan fingerprint density at radius 2 is 0.919 bits per heavy atom. The molecule has 124 heavy (non-hydrogen) atoms. The maximum Gasteiger partial charge on any atom is 0.243 e. The average Bonchev–Trinajstić information content (AvgIpc) is 1.68. The molecule has 0 aromatic heterocycles. The number of carbonyl (C=O) groups is 18. The lowest BCUT2D eigenvalue weighted by Crippen LogP contribution is -2.48. The number of ether oxygens (including phenoxy) is 8. The van der Waals surface area contributed by atoms with Gasteiger partial charge in [0.15, 0.2) is 11.6 Å². The number of fused-ring (bicyclic) bond motifs is 4. The number of unbranched alkanes of at least 4 members (excludes halogenated alkanes) is 1. The highest BCUT2D eigenvalue weighted by molar-refractivity contribution is 8.77. The molecule has 8 atom stereocenters. The molecule has 3 heterocycles. The van der Waals surface area contributed by atoms with Gasteiger partial charge in [-0.25, -0.2) is 0 Å². The summed E-state index contributed by atoms with van der Waals surface area (Å²) in [6.45, 7) is 10.9. The van der Waals surface area contributed by atoms with E-state index in [2.05, 4.69) is 37.2 Å². The fourth-order valence-corrected chi connectivity index (χ4v) is 17.8. The minimum atomic E-state index is -1.06. The third kappa shape index (κ3) is 52.9. The molecule has 0 aliphatic carbocycles. The Hall–Kier alpha value is -7.10. The molecule has 0 saturated carbocycles. The van der Waals surface area contributed by atoms with Gasteiger partial charge in [-0.1, -0.05) is 61.6 Å². The number of thioether (sulfide) groups is 2. The van der Waals surface area contributed by atoms with Gasteiger partial charge in [-0.05, 0) is 64.3 Å². The molecule has 0 aromatic rings. The van der Waals surface area contributed by atoms with Crippen LogP contribution >= 0.6 is 45.1 Å². The van der Waals surface area contributed by atoms with Crippen molar-refractivity contribution < 1.29 is 124 Å². The van der Waals surface area contributed by atoms with Crippen LogP contribution in [0.1, 0.15) is 202 Å². The Bertz CT molecular complexity index is 3380. The van der Waals surface area contributed by atoms with E-state index in [-0.39, 0.29) is 286 Å². The Morgan fingerprint density at radius 1 is 0.468 bits per heavy atom. The largest absolute Gasteiger partial charge is 0.379 e. The van der Waals surface area contributed by atoms with Crippen LogP contribution in [-0.2, 0) is 124 Å². The summed E-state index contributed by atoms with van der Waals surface area (Å²) in [5.74, 6) is -8.93. The summed E-state index contributed by atoms with van der Waals surface area (Å²) >= 11 is 2.02. The SMILES string of the molecule is CC(=O)NC1CC(=O)CCCOCCOCCC(=O)NC(C(=O)CC(CSSC(C)(C)C)C(N)=O)CCCCCC(=O)CCOCCOCCNC(=O)C(NC(C)=O)CSC2CC(=O)N(CCC(=O)NCCOCCOCCC(=O)NC(C(=O)CC(CCCCN)C(N)=O)CCCCNC(=O)CCOCCOCCCC(=O)CCN3C(=O)CC(S1)C3=O)C2=O. The minimum absolute atomic E-state index is 0.00839. The summed E-state index contributed by atoms with van der Waals surface area (Å²) in [6, 6.07) is -2.95. The molecule has 3 rings (SSSR count). The van der Waals surface area contributed by atoms with Gasteiger partial charge < -0.3 is 92.3 Å². The molecule has 0 aromatic carbocycles. The fraction of sp³-hybridized carbons (Fsp3) is 0.780. The summed E-state index contributed by atoms with van der Waals surface area (Å²) in [7, 11) is 2.99. The summed E-state index contributed by atoms with van der Waals surface area (Å²) in [5.41, 5.74) is 17.0. The molecular formula is C82H136N12O26S4. The van der Waals surface area contributed by atoms with Gasteiger partial charge in [0, 0.05) is 172 Å². The van der Waals surface area contributed by atoms with E-state index >= 15 is 0 Å². The van der Waals surface area contributed by atoms with E-state index in [0.717, 1.165) is 33.3 Å². The predicted molar refractivity (Wildman–Crippen MR) is 465 cm³/mol. The van der Waals surface area contributed by atoms with Crippen molar-refractivity contribution in [2.24, 2.45) is 29.0 Å². The number of ketones is 5. The van der Waals surface area contributed by atoms with E-state index in [4.69, 9.17) is 55.1 Å². The zero-order valence-corrected chi connectivity index (χ0v) is 76.1. The van der Waals surface area contributed by atoms with Gasteiger partial charge in [-0.2, -0.15) is 0 Å². The van der Waals surface area contributed by atoms with Crippen LogP contribution in [0.5, 0.6) is 0 Å². The van der Waals surface area contributed by atoms with Crippen LogP contribution in [0.25, 0.3) is 0 Å². The number of nitrogens with one attached hydrogen (secondary N) is 7. The molecule has 4 bridgehead atoms. The van der Waals surface area contributed by atoms with E-state index in [0.29, 0.717) is 76.5 Å². The Labute approximate surface area is 743 Å². The van der Waals surface area contributed by atoms with Crippen LogP contribution in [0.4, 0.5) is 0 Å². The van der Waals surface area contributed by atoms with E-state index in [1.54, 1.807) is 10.8 Å². The van der Waals surface area contributed by atoms with Crippen molar-refractivity contribution in [1.82, 2.24) is 47.0 Å². The molecule has 42 heteroatoms. The molecule has 3 saturated heterocycles. The highest BCUT2D eigenvalue weighted by Crippen LogP contribution is 2.37. The van der Waals surface area contributed by atoms with Gasteiger partial charge in [-0.3, -0.25) is 96.1 Å². The second-order valence-corrected chi connectivity index (χ2v) is 36.9. The smallest absolute Gasteiger partial charge is 0.243 e. The standard InChI is InChI=1S/C82H136N12O26S4/c1-56(95)89-65-55-121-68-52-75(106)94(80(68)111)32-22-70(102)87-29-39-119-48-46-118-38-26-73(105)92-64(66(100)49-58(77(84)108)15-9-11-27-83)20-10-12-28-86-71(103)24-36-116-43-41-113-33-13-17-60(97)21-31-93-76(107)53-69(81(93)112)123-74(90-57(2)96)51-62(99)18-14-34-114-42-44-117-37-25-72(104)91-63(67(101)50-59(78(85)109)54-122-124-82(3,4)5)19-8-6-7-16-61(98)23-35-115-45-47-120-40-30-88-79(65)110/h58-59,63-65,68-69,74H,6-55,83H2,1-5H3,(H2,84,108)(H2,85,109)(H,86,103)(H,87,102)(H,88,110)(H,89,95)(H,90,96)(H,91,104)(H,92,105). The molecule has 3 fully saturated rings. The number of carbonyl (C=O) groups excluding carboxylic acids is 18. The normalized spacial score (nSPS) is 23.8. The van der Waals surface area contributed by atoms with Gasteiger partial charge in [0.2, 0.25) is 76.8 Å². The molecule has 13 amide bonds. The van der Waals surface area contributed by atoms with Gasteiger partial charge in [0.1, 0.15) is 23.4 Å². The zero-order valence-electron chi connectivity index (χ0n) is 72.8. The van der Waals surface area contributed by atoms with Crippen LogP contribution in [0.2, 0.25) is 0 Å². The second-order valence-electron chi connectivity index (χ2n) is 31.1. The molecule has 13 N–H and O–H groups in total. The number of Topliss-reactive ketones (excluding diaryl/α,β-unsaturated/α-hetero) is 5. The molecule has 8 unspecified atom stereocenters. The molecule has 0 spiro atoms. The van der Waals surface area contributed by atoms with Crippen LogP contribution in [0.3, 0.4) is 0 Å². The van der Waals surface area contributed by atoms with E-state index in [1.165, 1.54) is 24.6 Å². The van der Waals surface area contributed by atoms with E-state index in [1.807, 2.05) is 20.8 Å². The zero-order chi connectivity index (χ0) is 91.5. The quantitative estimate of drug-likeness (QED) is 0.0563. The number of nitrogens with zero attached hydrogens (tertiary/aromatic N) is 2. The molecule has 3 aliphatic heterocycles. The summed E-state index contributed by atoms with van der Waals surface area (Å²) in [5, 5.41) is 16.4. The van der Waals surface area contributed by atoms with Gasteiger partial charge >= 0.3 is 0 Å². The molecular weight excluding hydrogens is 1700 g/mol. The Morgan fingerprint density at radius 3 is 1.46 bits per heavy atom. The average molecular weight is 1830 g/mol. The third-order valence-corrected chi connectivity index (χ3v) is 25.3. The number of hydrogen-bond donors (Lipinski definition) is 10. The first kappa shape index (κ1) is 111. The Balaban J connectivity index is 1.57. The molecule has 3 aliphatic rings. The van der Waals surface area contributed by atoms with Gasteiger partial charge in [0.25, 0.3) is 0 Å². The number of amides is 13. The lowest BCUT2D eigenvalue weighted by Gasteiger charge is -2.21. The highest BCUT2D eigenvalue weighted by Gasteiger charge is 2.42. The fourth-order valence-electron chi connectivity index (χ4n) is 12.6. The summed E-state index contributed by atoms with van der Waals surface area (Å²) in [6.07, 6.45) is 4.47. The van der Waals surface area contributed by atoms with Crippen molar-refractivity contribution in [2.75, 3.05) is 156 Å². The Kier molecular flexibility index (Phi) is 59.4. The van der Waals surface area contributed by atoms with Crippen LogP contribution < -0.4 is 54.4 Å². The number of imide groups is 2. The van der Waals surface area contributed by atoms with Crippen LogP contribution in [-0.4, -0.2) is 311 Å². The summed E-state index contributed by atoms with van der Waals surface area (Å²) in [4.78, 5) is 235. The van der Waals surface area contributed by atoms with Crippen molar-refractivity contribution in [3.05, 3.63) is 0 Å². The number of nitrogens with two attached hydrogens (primary N) is 3. The van der Waals surface area contributed by atoms with Gasteiger partial charge in [-0.15, -0.1) is 23.5 Å². The van der Waals surface area contributed by atoms with Gasteiger partial charge in [0.05, 0.1) is 126 Å². The second kappa shape index (κ2) is 66.3. The number of hydrogen-bond acceptors (Lipinski definition) is 31. The van der Waals surface area contributed by atoms with Crippen molar-refractivity contribution >= 4 is 151 Å². The topological polar surface area (TPSA) is 550 Å². The molecule has 704 valence electrons. The first-order chi connectivity index (χ1) is 59.3. The maximum absolute atomic E-state index is 13.8. The number of rotatable bonds is 17. The monoisotopic (exact) mass is 1830 g/mol.